The van der Waals surface area contributed by atoms with Crippen molar-refractivity contribution in [1.82, 2.24) is 10.3 Å². The summed E-state index contributed by atoms with van der Waals surface area (Å²) in [5.74, 6) is -0.760. The highest BCUT2D eigenvalue weighted by Gasteiger charge is 2.18. The van der Waals surface area contributed by atoms with E-state index in [1.165, 1.54) is 6.07 Å². The lowest BCUT2D eigenvalue weighted by Crippen LogP contribution is -2.35. The SMILES string of the molecule is COc1cc2nccc(Oc3ccc(NC(=S)NC(=O)c4c(F)cccc4F)cc3)c2cc1OC. The molecule has 4 rings (SSSR count). The van der Waals surface area contributed by atoms with Crippen molar-refractivity contribution < 1.29 is 27.8 Å². The van der Waals surface area contributed by atoms with E-state index >= 15 is 0 Å². The maximum absolute atomic E-state index is 13.8. The monoisotopic (exact) mass is 495 g/mol. The third kappa shape index (κ3) is 5.28. The molecule has 0 aliphatic carbocycles. The molecule has 0 unspecified atom stereocenters. The molecule has 0 bridgehead atoms. The Morgan fingerprint density at radius 3 is 2.23 bits per heavy atom. The van der Waals surface area contributed by atoms with E-state index in [1.54, 1.807) is 62.9 Å². The lowest BCUT2D eigenvalue weighted by Gasteiger charge is -2.13. The van der Waals surface area contributed by atoms with Crippen molar-refractivity contribution in [1.29, 1.82) is 0 Å². The van der Waals surface area contributed by atoms with Crippen molar-refractivity contribution in [3.8, 4) is 23.0 Å². The van der Waals surface area contributed by atoms with Gasteiger partial charge < -0.3 is 19.5 Å². The number of ether oxygens (including phenoxy) is 3. The molecule has 0 aliphatic rings. The molecule has 0 spiro atoms. The average molecular weight is 496 g/mol. The molecule has 0 radical (unpaired) electrons. The maximum Gasteiger partial charge on any atom is 0.263 e. The summed E-state index contributed by atoms with van der Waals surface area (Å²) in [4.78, 5) is 16.5. The number of pyridine rings is 1. The first-order chi connectivity index (χ1) is 16.9. The number of nitrogens with one attached hydrogen (secondary N) is 2. The van der Waals surface area contributed by atoms with Gasteiger partial charge in [0.2, 0.25) is 0 Å². The van der Waals surface area contributed by atoms with Gasteiger partial charge in [-0.05, 0) is 60.7 Å². The Morgan fingerprint density at radius 2 is 1.57 bits per heavy atom. The van der Waals surface area contributed by atoms with Crippen LogP contribution in [0.4, 0.5) is 14.5 Å². The molecule has 35 heavy (non-hydrogen) atoms. The van der Waals surface area contributed by atoms with Crippen molar-refractivity contribution in [3.63, 3.8) is 0 Å². The first-order valence-electron chi connectivity index (χ1n) is 10.2. The normalized spacial score (nSPS) is 10.5. The number of fused-ring (bicyclic) bond motifs is 1. The van der Waals surface area contributed by atoms with Crippen LogP contribution in [0.15, 0.2) is 66.9 Å². The smallest absolute Gasteiger partial charge is 0.263 e. The Kier molecular flexibility index (Phi) is 7.02. The highest BCUT2D eigenvalue weighted by atomic mass is 32.1. The van der Waals surface area contributed by atoms with Crippen LogP contribution in [0.3, 0.4) is 0 Å². The molecule has 1 amide bonds. The standard InChI is InChI=1S/C25H19F2N3O4S/c1-32-21-12-16-19(13-22(21)33-2)28-11-10-20(16)34-15-8-6-14(7-9-15)29-25(35)30-24(31)23-17(26)4-3-5-18(23)27/h3-13H,1-2H3,(H2,29,30,31,35). The Bertz CT molecular complexity index is 1390. The van der Waals surface area contributed by atoms with Gasteiger partial charge in [0.15, 0.2) is 16.6 Å². The van der Waals surface area contributed by atoms with E-state index in [4.69, 9.17) is 26.4 Å². The third-order valence-corrected chi connectivity index (χ3v) is 5.17. The van der Waals surface area contributed by atoms with Crippen LogP contribution in [0, 0.1) is 11.6 Å². The quantitative estimate of drug-likeness (QED) is 0.344. The molecule has 0 atom stereocenters. The number of halogens is 2. The summed E-state index contributed by atoms with van der Waals surface area (Å²) < 4.78 is 44.3. The van der Waals surface area contributed by atoms with Crippen molar-refractivity contribution in [2.45, 2.75) is 0 Å². The molecule has 0 aliphatic heterocycles. The van der Waals surface area contributed by atoms with Crippen LogP contribution >= 0.6 is 12.2 Å². The Labute approximate surface area is 204 Å². The van der Waals surface area contributed by atoms with E-state index in [9.17, 15) is 13.6 Å². The summed E-state index contributed by atoms with van der Waals surface area (Å²) in [6.07, 6.45) is 1.62. The number of amides is 1. The number of benzene rings is 3. The molecule has 2 N–H and O–H groups in total. The van der Waals surface area contributed by atoms with E-state index in [-0.39, 0.29) is 5.11 Å². The molecule has 1 heterocycles. The second-order valence-electron chi connectivity index (χ2n) is 7.16. The van der Waals surface area contributed by atoms with Gasteiger partial charge in [-0.2, -0.15) is 0 Å². The second-order valence-corrected chi connectivity index (χ2v) is 7.57. The van der Waals surface area contributed by atoms with Crippen molar-refractivity contribution in [2.24, 2.45) is 0 Å². The van der Waals surface area contributed by atoms with E-state index in [2.05, 4.69) is 15.6 Å². The number of methoxy groups -OCH3 is 2. The summed E-state index contributed by atoms with van der Waals surface area (Å²) in [6, 6.07) is 15.2. The third-order valence-electron chi connectivity index (χ3n) is 4.96. The molecular weight excluding hydrogens is 476 g/mol. The van der Waals surface area contributed by atoms with Crippen molar-refractivity contribution in [2.75, 3.05) is 19.5 Å². The van der Waals surface area contributed by atoms with Gasteiger partial charge in [0.1, 0.15) is 28.7 Å². The van der Waals surface area contributed by atoms with E-state index in [0.717, 1.165) is 17.5 Å². The Balaban J connectivity index is 1.45. The number of hydrogen-bond acceptors (Lipinski definition) is 6. The number of aromatic nitrogens is 1. The molecule has 0 saturated heterocycles. The van der Waals surface area contributed by atoms with Crippen molar-refractivity contribution in [3.05, 3.63) is 84.1 Å². The van der Waals surface area contributed by atoms with E-state index in [0.29, 0.717) is 34.2 Å². The zero-order chi connectivity index (χ0) is 24.9. The predicted octanol–water partition coefficient (Wildman–Crippen LogP) is 5.45. The zero-order valence-electron chi connectivity index (χ0n) is 18.6. The first kappa shape index (κ1) is 23.8. The van der Waals surface area contributed by atoms with Crippen LogP contribution in [0.5, 0.6) is 23.0 Å². The van der Waals surface area contributed by atoms with Crippen LogP contribution in [0.1, 0.15) is 10.4 Å². The van der Waals surface area contributed by atoms with Gasteiger partial charge >= 0.3 is 0 Å². The minimum absolute atomic E-state index is 0.118. The molecule has 1 aromatic heterocycles. The Hall–Kier alpha value is -4.31. The van der Waals surface area contributed by atoms with Gasteiger partial charge in [-0.15, -0.1) is 0 Å². The summed E-state index contributed by atoms with van der Waals surface area (Å²) in [5.41, 5.74) is 0.493. The summed E-state index contributed by atoms with van der Waals surface area (Å²) >= 11 is 5.09. The van der Waals surface area contributed by atoms with Gasteiger partial charge in [0.05, 0.1) is 19.7 Å². The number of rotatable bonds is 6. The lowest BCUT2D eigenvalue weighted by atomic mass is 10.2. The van der Waals surface area contributed by atoms with Gasteiger partial charge in [0, 0.05) is 23.3 Å². The number of hydrogen-bond donors (Lipinski definition) is 2. The number of nitrogens with zero attached hydrogens (tertiary/aromatic N) is 1. The zero-order valence-corrected chi connectivity index (χ0v) is 19.4. The summed E-state index contributed by atoms with van der Waals surface area (Å²) in [6.45, 7) is 0. The lowest BCUT2D eigenvalue weighted by molar-refractivity contribution is 0.0969. The number of carbonyl (C=O) groups is 1. The van der Waals surface area contributed by atoms with Crippen molar-refractivity contribution >= 4 is 39.8 Å². The topological polar surface area (TPSA) is 81.7 Å². The van der Waals surface area contributed by atoms with Gasteiger partial charge in [-0.1, -0.05) is 6.07 Å². The Morgan fingerprint density at radius 1 is 0.914 bits per heavy atom. The highest BCUT2D eigenvalue weighted by molar-refractivity contribution is 7.80. The fourth-order valence-corrected chi connectivity index (χ4v) is 3.52. The highest BCUT2D eigenvalue weighted by Crippen LogP contribution is 2.37. The number of thiocarbonyl (C=S) groups is 1. The molecule has 7 nitrogen and oxygen atoms in total. The minimum Gasteiger partial charge on any atom is -0.493 e. The molecule has 4 aromatic rings. The second kappa shape index (κ2) is 10.3. The van der Waals surface area contributed by atoms with Gasteiger partial charge in [-0.3, -0.25) is 15.1 Å². The van der Waals surface area contributed by atoms with E-state index < -0.39 is 23.1 Å². The minimum atomic E-state index is -0.991. The maximum atomic E-state index is 13.8. The molecule has 178 valence electrons. The van der Waals surface area contributed by atoms with Crippen LogP contribution in [-0.2, 0) is 0 Å². The largest absolute Gasteiger partial charge is 0.493 e. The van der Waals surface area contributed by atoms with Crippen LogP contribution in [0.2, 0.25) is 0 Å². The fraction of sp³-hybridized carbons (Fsp3) is 0.0800. The van der Waals surface area contributed by atoms with Crippen LogP contribution in [0.25, 0.3) is 10.9 Å². The molecular formula is C25H19F2N3O4S. The van der Waals surface area contributed by atoms with Crippen LogP contribution < -0.4 is 24.8 Å². The van der Waals surface area contributed by atoms with E-state index in [1.807, 2.05) is 0 Å². The summed E-state index contributed by atoms with van der Waals surface area (Å²) in [5, 5.41) is 5.67. The fourth-order valence-electron chi connectivity index (χ4n) is 3.31. The summed E-state index contributed by atoms with van der Waals surface area (Å²) in [7, 11) is 3.10. The molecule has 0 saturated carbocycles. The average Bonchev–Trinajstić information content (AvgIpc) is 2.84. The molecule has 0 fully saturated rings. The first-order valence-corrected chi connectivity index (χ1v) is 10.7. The van der Waals surface area contributed by atoms with Crippen LogP contribution in [-0.4, -0.2) is 30.2 Å². The molecule has 10 heteroatoms. The number of anilines is 1. The number of carbonyl (C=O) groups excluding carboxylic acids is 1. The van der Waals surface area contributed by atoms with Gasteiger partial charge in [0.25, 0.3) is 5.91 Å². The predicted molar refractivity (Wildman–Crippen MR) is 131 cm³/mol. The van der Waals surface area contributed by atoms with Gasteiger partial charge in [-0.25, -0.2) is 8.78 Å². The molecule has 3 aromatic carbocycles.